The van der Waals surface area contributed by atoms with Gasteiger partial charge in [-0.25, -0.2) is 27.9 Å². The molecule has 0 fully saturated rings. The van der Waals surface area contributed by atoms with Gasteiger partial charge in [-0.05, 0) is 12.1 Å². The van der Waals surface area contributed by atoms with Crippen molar-refractivity contribution < 1.29 is 8.42 Å². The van der Waals surface area contributed by atoms with Gasteiger partial charge in [0.25, 0.3) is 0 Å². The van der Waals surface area contributed by atoms with Gasteiger partial charge < -0.3 is 4.98 Å². The van der Waals surface area contributed by atoms with E-state index in [0.717, 1.165) is 0 Å². The van der Waals surface area contributed by atoms with Crippen LogP contribution < -0.4 is 10.4 Å². The Hall–Kier alpha value is -2.59. The molecule has 0 saturated heterocycles. The van der Waals surface area contributed by atoms with Gasteiger partial charge >= 0.3 is 5.69 Å². The molecule has 0 spiro atoms. The minimum absolute atomic E-state index is 0.0497. The van der Waals surface area contributed by atoms with Gasteiger partial charge in [0.15, 0.2) is 5.65 Å². The zero-order valence-corrected chi connectivity index (χ0v) is 12.1. The second-order valence-electron chi connectivity index (χ2n) is 4.43. The summed E-state index contributed by atoms with van der Waals surface area (Å²) in [4.78, 5) is 26.1. The fraction of sp³-hybridized carbons (Fsp3) is 0.167. The van der Waals surface area contributed by atoms with Gasteiger partial charge in [-0.15, -0.1) is 0 Å². The molecule has 9 nitrogen and oxygen atoms in total. The Morgan fingerprint density at radius 2 is 2.14 bits per heavy atom. The average Bonchev–Trinajstić information content (AvgIpc) is 2.84. The summed E-state index contributed by atoms with van der Waals surface area (Å²) < 4.78 is 27.8. The Labute approximate surface area is 125 Å². The van der Waals surface area contributed by atoms with Gasteiger partial charge in [0, 0.05) is 25.5 Å². The molecular formula is C12H12N6O3S. The third-order valence-corrected chi connectivity index (χ3v) is 4.45. The van der Waals surface area contributed by atoms with Crippen molar-refractivity contribution in [2.75, 3.05) is 6.54 Å². The maximum atomic E-state index is 12.0. The Kier molecular flexibility index (Phi) is 3.69. The molecule has 2 N–H and O–H groups in total. The van der Waals surface area contributed by atoms with Crippen LogP contribution in [-0.4, -0.2) is 39.5 Å². The van der Waals surface area contributed by atoms with Crippen LogP contribution in [0.1, 0.15) is 0 Å². The van der Waals surface area contributed by atoms with Crippen LogP contribution in [0.15, 0.2) is 46.7 Å². The maximum Gasteiger partial charge on any atom is 0.327 e. The lowest BCUT2D eigenvalue weighted by Crippen LogP contribution is -2.30. The summed E-state index contributed by atoms with van der Waals surface area (Å²) in [6, 6.07) is 2.98. The molecule has 22 heavy (non-hydrogen) atoms. The Morgan fingerprint density at radius 3 is 2.91 bits per heavy atom. The smallest absolute Gasteiger partial charge is 0.303 e. The van der Waals surface area contributed by atoms with Crippen LogP contribution in [-0.2, 0) is 16.6 Å². The van der Waals surface area contributed by atoms with Crippen molar-refractivity contribution in [3.8, 4) is 0 Å². The van der Waals surface area contributed by atoms with Crippen LogP contribution in [0, 0.1) is 0 Å². The molecule has 0 aliphatic heterocycles. The molecule has 0 aliphatic carbocycles. The molecule has 3 aromatic rings. The lowest BCUT2D eigenvalue weighted by Gasteiger charge is -2.06. The number of nitrogens with one attached hydrogen (secondary N) is 2. The summed E-state index contributed by atoms with van der Waals surface area (Å²) in [6.45, 7) is 0.198. The van der Waals surface area contributed by atoms with Crippen molar-refractivity contribution in [2.45, 2.75) is 11.4 Å². The number of rotatable bonds is 5. The van der Waals surface area contributed by atoms with Crippen LogP contribution in [0.2, 0.25) is 0 Å². The molecule has 0 bridgehead atoms. The molecule has 3 rings (SSSR count). The van der Waals surface area contributed by atoms with Crippen LogP contribution in [0.25, 0.3) is 11.2 Å². The fourth-order valence-corrected chi connectivity index (χ4v) is 2.98. The summed E-state index contributed by atoms with van der Waals surface area (Å²) in [5, 5.41) is 0. The Balaban J connectivity index is 1.76. The largest absolute Gasteiger partial charge is 0.327 e. The van der Waals surface area contributed by atoms with Gasteiger partial charge in [-0.1, -0.05) is 0 Å². The van der Waals surface area contributed by atoms with Crippen molar-refractivity contribution in [1.82, 2.24) is 29.2 Å². The zero-order chi connectivity index (χ0) is 15.6. The first-order valence-corrected chi connectivity index (χ1v) is 7.84. The topological polar surface area (TPSA) is 123 Å². The zero-order valence-electron chi connectivity index (χ0n) is 11.3. The van der Waals surface area contributed by atoms with E-state index in [2.05, 4.69) is 24.7 Å². The van der Waals surface area contributed by atoms with E-state index in [4.69, 9.17) is 0 Å². The first-order valence-electron chi connectivity index (χ1n) is 6.36. The van der Waals surface area contributed by atoms with E-state index in [1.54, 1.807) is 0 Å². The number of nitrogens with zero attached hydrogens (tertiary/aromatic N) is 4. The third-order valence-electron chi connectivity index (χ3n) is 3.01. The molecular weight excluding hydrogens is 308 g/mol. The number of sulfonamides is 1. The van der Waals surface area contributed by atoms with Gasteiger partial charge in [0.2, 0.25) is 10.0 Å². The molecule has 0 unspecified atom stereocenters. The van der Waals surface area contributed by atoms with Crippen LogP contribution in [0.3, 0.4) is 0 Å². The van der Waals surface area contributed by atoms with Crippen molar-refractivity contribution >= 4 is 21.2 Å². The minimum atomic E-state index is -3.65. The first kappa shape index (κ1) is 14.4. The second-order valence-corrected chi connectivity index (χ2v) is 6.20. The van der Waals surface area contributed by atoms with E-state index < -0.39 is 10.0 Å². The number of hydrogen-bond donors (Lipinski definition) is 2. The van der Waals surface area contributed by atoms with E-state index in [0.29, 0.717) is 11.2 Å². The van der Waals surface area contributed by atoms with Gasteiger partial charge in [-0.2, -0.15) is 0 Å². The van der Waals surface area contributed by atoms with E-state index >= 15 is 0 Å². The predicted octanol–water partition coefficient (Wildman–Crippen LogP) is -0.507. The van der Waals surface area contributed by atoms with Crippen molar-refractivity contribution in [2.24, 2.45) is 0 Å². The number of fused-ring (bicyclic) bond motifs is 1. The number of pyridine rings is 1. The van der Waals surface area contributed by atoms with Crippen molar-refractivity contribution in [3.63, 3.8) is 0 Å². The van der Waals surface area contributed by atoms with E-state index in [1.807, 2.05) is 0 Å². The molecule has 0 aromatic carbocycles. The number of imidazole rings is 1. The molecule has 0 radical (unpaired) electrons. The van der Waals surface area contributed by atoms with Gasteiger partial charge in [0.1, 0.15) is 16.7 Å². The monoisotopic (exact) mass is 320 g/mol. The summed E-state index contributed by atoms with van der Waals surface area (Å²) in [5.41, 5.74) is 0.569. The summed E-state index contributed by atoms with van der Waals surface area (Å²) in [7, 11) is -3.65. The highest BCUT2D eigenvalue weighted by Crippen LogP contribution is 2.06. The van der Waals surface area contributed by atoms with Crippen molar-refractivity contribution in [1.29, 1.82) is 0 Å². The Morgan fingerprint density at radius 1 is 1.27 bits per heavy atom. The maximum absolute atomic E-state index is 12.0. The summed E-state index contributed by atoms with van der Waals surface area (Å²) in [6.07, 6.45) is 5.56. The van der Waals surface area contributed by atoms with Gasteiger partial charge in [-0.3, -0.25) is 9.55 Å². The number of aromatic amines is 1. The average molecular weight is 320 g/mol. The Bertz CT molecular complexity index is 948. The molecule has 0 aliphatic rings. The third kappa shape index (κ3) is 2.73. The standard InChI is InChI=1S/C12H12N6O3S/c19-12-17-10-7-14-8-15-11(10)18(12)5-4-16-22(20,21)9-2-1-3-13-6-9/h1-3,6-8,16H,4-5H2,(H,17,19). The highest BCUT2D eigenvalue weighted by atomic mass is 32.2. The second kappa shape index (κ2) is 5.66. The van der Waals surface area contributed by atoms with E-state index in [9.17, 15) is 13.2 Å². The molecule has 3 heterocycles. The predicted molar refractivity (Wildman–Crippen MR) is 77.6 cm³/mol. The summed E-state index contributed by atoms with van der Waals surface area (Å²) >= 11 is 0. The lowest BCUT2D eigenvalue weighted by molar-refractivity contribution is 0.571. The normalized spacial score (nSPS) is 11.8. The van der Waals surface area contributed by atoms with Crippen LogP contribution in [0.5, 0.6) is 0 Å². The molecule has 3 aromatic heterocycles. The van der Waals surface area contributed by atoms with E-state index in [1.165, 1.54) is 41.6 Å². The number of aromatic nitrogens is 5. The lowest BCUT2D eigenvalue weighted by atomic mass is 10.5. The van der Waals surface area contributed by atoms with E-state index in [-0.39, 0.29) is 23.7 Å². The van der Waals surface area contributed by atoms with Gasteiger partial charge in [0.05, 0.1) is 6.20 Å². The van der Waals surface area contributed by atoms with Crippen molar-refractivity contribution in [3.05, 3.63) is 47.5 Å². The molecule has 0 saturated carbocycles. The quantitative estimate of drug-likeness (QED) is 0.653. The molecule has 0 amide bonds. The first-order chi connectivity index (χ1) is 10.6. The van der Waals surface area contributed by atoms with Crippen LogP contribution in [0.4, 0.5) is 0 Å². The number of H-pyrrole nitrogens is 1. The molecule has 0 atom stereocenters. The number of hydrogen-bond acceptors (Lipinski definition) is 6. The highest BCUT2D eigenvalue weighted by Gasteiger charge is 2.14. The minimum Gasteiger partial charge on any atom is -0.303 e. The highest BCUT2D eigenvalue weighted by molar-refractivity contribution is 7.89. The molecule has 10 heteroatoms. The fourth-order valence-electron chi connectivity index (χ4n) is 1.99. The SMILES string of the molecule is O=c1[nH]c2cncnc2n1CCNS(=O)(=O)c1cccnc1. The summed E-state index contributed by atoms with van der Waals surface area (Å²) in [5.74, 6) is 0. The molecule has 114 valence electrons. The van der Waals surface area contributed by atoms with Crippen LogP contribution >= 0.6 is 0 Å².